The molecule has 9 heteroatoms. The number of nitrogen functional groups attached to an aromatic ring is 1. The molecule has 3 N–H and O–H groups in total. The van der Waals surface area contributed by atoms with Crippen LogP contribution < -0.4 is 16.4 Å². The summed E-state index contributed by atoms with van der Waals surface area (Å²) < 4.78 is 8.78. The second kappa shape index (κ2) is 8.42. The molecule has 1 aliphatic rings. The Bertz CT molecular complexity index is 1360. The van der Waals surface area contributed by atoms with E-state index in [0.29, 0.717) is 18.8 Å². The number of aromatic amines is 1. The van der Waals surface area contributed by atoms with Crippen LogP contribution in [0.1, 0.15) is 11.4 Å². The van der Waals surface area contributed by atoms with E-state index in [1.54, 1.807) is 0 Å². The van der Waals surface area contributed by atoms with Gasteiger partial charge in [0, 0.05) is 30.0 Å². The van der Waals surface area contributed by atoms with E-state index in [1.807, 2.05) is 63.4 Å². The number of rotatable bonds is 4. The van der Waals surface area contributed by atoms with Crippen molar-refractivity contribution in [3.05, 3.63) is 64.3 Å². The van der Waals surface area contributed by atoms with Crippen LogP contribution in [0.3, 0.4) is 0 Å². The summed E-state index contributed by atoms with van der Waals surface area (Å²) in [6.45, 7) is 6.53. The molecule has 3 aromatic heterocycles. The largest absolute Gasteiger partial charge is 0.411 e. The summed E-state index contributed by atoms with van der Waals surface area (Å²) in [4.78, 5) is 23.3. The minimum absolute atomic E-state index is 0.112. The third kappa shape index (κ3) is 4.01. The molecule has 170 valence electrons. The van der Waals surface area contributed by atoms with Gasteiger partial charge in [0.15, 0.2) is 0 Å². The number of anilines is 1. The van der Waals surface area contributed by atoms with Crippen molar-refractivity contribution in [3.63, 3.8) is 0 Å². The van der Waals surface area contributed by atoms with Gasteiger partial charge in [-0.15, -0.1) is 9.50 Å². The van der Waals surface area contributed by atoms with Gasteiger partial charge in [-0.05, 0) is 38.6 Å². The van der Waals surface area contributed by atoms with E-state index in [2.05, 4.69) is 14.9 Å². The van der Waals surface area contributed by atoms with Gasteiger partial charge in [-0.1, -0.05) is 30.3 Å². The predicted octanol–water partition coefficient (Wildman–Crippen LogP) is 1.57. The van der Waals surface area contributed by atoms with Crippen molar-refractivity contribution in [1.29, 1.82) is 0 Å². The quantitative estimate of drug-likeness (QED) is 0.510. The summed E-state index contributed by atoms with van der Waals surface area (Å²) >= 11 is 0. The molecule has 0 unspecified atom stereocenters. The molecule has 0 aliphatic carbocycles. The Morgan fingerprint density at radius 1 is 1.15 bits per heavy atom. The third-order valence-electron chi connectivity index (χ3n) is 5.96. The lowest BCUT2D eigenvalue weighted by molar-refractivity contribution is -0.351. The lowest BCUT2D eigenvalue weighted by Crippen LogP contribution is -2.43. The fourth-order valence-electron chi connectivity index (χ4n) is 4.51. The number of nitrogens with one attached hydrogen (secondary N) is 1. The monoisotopic (exact) mass is 446 g/mol. The lowest BCUT2D eigenvalue weighted by Gasteiger charge is -2.29. The number of pyridine rings is 1. The molecule has 0 radical (unpaired) electrons. The molecule has 5 rings (SSSR count). The normalized spacial score (nSPS) is 17.0. The molecule has 4 aromatic rings. The predicted molar refractivity (Wildman–Crippen MR) is 126 cm³/mol. The number of aromatic nitrogens is 5. The molecule has 0 saturated carbocycles. The van der Waals surface area contributed by atoms with Gasteiger partial charge in [0.25, 0.3) is 0 Å². The second-order valence-electron chi connectivity index (χ2n) is 8.64. The first-order chi connectivity index (χ1) is 15.9. The summed E-state index contributed by atoms with van der Waals surface area (Å²) in [5, 5.41) is 4.76. The minimum Gasteiger partial charge on any atom is -0.374 e. The Balaban J connectivity index is 1.75. The van der Waals surface area contributed by atoms with Gasteiger partial charge >= 0.3 is 11.6 Å². The summed E-state index contributed by atoms with van der Waals surface area (Å²) in [5.41, 5.74) is 11.8. The van der Waals surface area contributed by atoms with Gasteiger partial charge in [0.2, 0.25) is 5.65 Å². The van der Waals surface area contributed by atoms with Crippen LogP contribution in [0.2, 0.25) is 0 Å². The fraction of sp³-hybridized carbons (Fsp3) is 0.333. The second-order valence-corrected chi connectivity index (χ2v) is 8.64. The Hall–Kier alpha value is -3.56. The molecule has 1 aliphatic heterocycles. The molecular weight excluding hydrogens is 418 g/mol. The standard InChI is InChI=1S/C24H27N7O2/c1-15-11-18(12-16(2)26-15)20-21(17-7-5-4-6-8-17)27-23(25)31-22(20)28-30(24(31)32)14-19-13-29(3)9-10-33-19/h4-8,11-12,19H,9-10,13-14H2,1-3H3,(H2,25,27)/p+1/t19-/m0/s1. The van der Waals surface area contributed by atoms with Crippen molar-refractivity contribution in [2.75, 3.05) is 32.5 Å². The van der Waals surface area contributed by atoms with Crippen LogP contribution in [0.5, 0.6) is 0 Å². The molecule has 0 bridgehead atoms. The number of aryl methyl sites for hydroxylation is 2. The van der Waals surface area contributed by atoms with Crippen molar-refractivity contribution < 1.29 is 9.72 Å². The molecule has 0 spiro atoms. The molecule has 1 atom stereocenters. The van der Waals surface area contributed by atoms with Crippen LogP contribution in [0.25, 0.3) is 28.0 Å². The molecule has 9 nitrogen and oxygen atoms in total. The summed E-state index contributed by atoms with van der Waals surface area (Å²) in [6, 6.07) is 13.9. The highest BCUT2D eigenvalue weighted by molar-refractivity contribution is 5.88. The third-order valence-corrected chi connectivity index (χ3v) is 5.96. The average Bonchev–Trinajstić information content (AvgIpc) is 3.10. The van der Waals surface area contributed by atoms with Crippen LogP contribution in [-0.2, 0) is 11.3 Å². The average molecular weight is 447 g/mol. The number of ether oxygens (including phenoxy) is 1. The van der Waals surface area contributed by atoms with Gasteiger partial charge in [0.05, 0.1) is 24.8 Å². The van der Waals surface area contributed by atoms with Gasteiger partial charge in [0.1, 0.15) is 5.69 Å². The van der Waals surface area contributed by atoms with Gasteiger partial charge in [-0.3, -0.25) is 10.7 Å². The van der Waals surface area contributed by atoms with Crippen LogP contribution >= 0.6 is 0 Å². The summed E-state index contributed by atoms with van der Waals surface area (Å²) in [6.07, 6.45) is -0.112. The van der Waals surface area contributed by atoms with Crippen molar-refractivity contribution in [2.24, 2.45) is 0 Å². The van der Waals surface area contributed by atoms with Crippen LogP contribution in [0.15, 0.2) is 47.3 Å². The van der Waals surface area contributed by atoms with E-state index in [-0.39, 0.29) is 17.7 Å². The molecule has 0 amide bonds. The first-order valence-electron chi connectivity index (χ1n) is 11.1. The zero-order chi connectivity index (χ0) is 23.1. The van der Waals surface area contributed by atoms with E-state index in [9.17, 15) is 4.79 Å². The van der Waals surface area contributed by atoms with Crippen molar-refractivity contribution in [1.82, 2.24) is 24.1 Å². The van der Waals surface area contributed by atoms with Gasteiger partial charge in [-0.2, -0.15) is 4.68 Å². The Morgan fingerprint density at radius 2 is 1.88 bits per heavy atom. The van der Waals surface area contributed by atoms with Crippen LogP contribution in [-0.4, -0.2) is 56.9 Å². The maximum atomic E-state index is 13.4. The van der Waals surface area contributed by atoms with Crippen LogP contribution in [0, 0.1) is 13.8 Å². The SMILES string of the molecule is Cc1cc(-c2c(-c3ccccc3)[nH+]c(N)n3c(=O)n(C[C@@H]4CN(C)CCO4)nc23)cc(C)n1. The first kappa shape index (κ1) is 21.3. The maximum Gasteiger partial charge on any atom is 0.411 e. The number of morpholine rings is 1. The highest BCUT2D eigenvalue weighted by atomic mass is 16.5. The van der Waals surface area contributed by atoms with E-state index in [0.717, 1.165) is 46.9 Å². The first-order valence-corrected chi connectivity index (χ1v) is 11.1. The van der Waals surface area contributed by atoms with Crippen molar-refractivity contribution in [3.8, 4) is 22.4 Å². The van der Waals surface area contributed by atoms with E-state index in [1.165, 1.54) is 9.08 Å². The lowest BCUT2D eigenvalue weighted by atomic mass is 9.99. The minimum atomic E-state index is -0.293. The zero-order valence-corrected chi connectivity index (χ0v) is 19.1. The number of H-pyrrole nitrogens is 1. The Labute approximate surface area is 191 Å². The molecular formula is C24H28N7O2+. The van der Waals surface area contributed by atoms with E-state index >= 15 is 0 Å². The van der Waals surface area contributed by atoms with E-state index < -0.39 is 0 Å². The topological polar surface area (TPSA) is 105 Å². The van der Waals surface area contributed by atoms with Gasteiger partial charge in [-0.25, -0.2) is 9.78 Å². The van der Waals surface area contributed by atoms with Crippen molar-refractivity contribution >= 4 is 11.6 Å². The number of nitrogens with zero attached hydrogens (tertiary/aromatic N) is 5. The fourth-order valence-corrected chi connectivity index (χ4v) is 4.51. The Kier molecular flexibility index (Phi) is 5.43. The molecule has 1 aromatic carbocycles. The van der Waals surface area contributed by atoms with Gasteiger partial charge < -0.3 is 9.64 Å². The Morgan fingerprint density at radius 3 is 2.58 bits per heavy atom. The molecule has 1 fully saturated rings. The number of likely N-dealkylation sites (N-methyl/N-ethyl adjacent to an activating group) is 1. The number of hydrogen-bond donors (Lipinski definition) is 1. The number of fused-ring (bicyclic) bond motifs is 1. The summed E-state index contributed by atoms with van der Waals surface area (Å²) in [5.74, 6) is 0.230. The highest BCUT2D eigenvalue weighted by Gasteiger charge is 2.27. The molecule has 33 heavy (non-hydrogen) atoms. The number of nitrogens with two attached hydrogens (primary N) is 1. The number of hydrogen-bond acceptors (Lipinski definition) is 6. The summed E-state index contributed by atoms with van der Waals surface area (Å²) in [7, 11) is 2.05. The smallest absolute Gasteiger partial charge is 0.374 e. The maximum absolute atomic E-state index is 13.4. The molecule has 4 heterocycles. The van der Waals surface area contributed by atoms with E-state index in [4.69, 9.17) is 15.6 Å². The zero-order valence-electron chi connectivity index (χ0n) is 19.1. The van der Waals surface area contributed by atoms with Crippen LogP contribution in [0.4, 0.5) is 5.95 Å². The highest BCUT2D eigenvalue weighted by Crippen LogP contribution is 2.32. The molecule has 1 saturated heterocycles. The van der Waals surface area contributed by atoms with Crippen molar-refractivity contribution in [2.45, 2.75) is 26.5 Å². The number of benzene rings is 1.